The highest BCUT2D eigenvalue weighted by Gasteiger charge is 2.44. The summed E-state index contributed by atoms with van der Waals surface area (Å²) in [5, 5.41) is 5.72. The maximum atomic E-state index is 12.5. The molecular formula is C31H28N2O3S. The minimum absolute atomic E-state index is 0.152. The Hall–Kier alpha value is -4.03. The van der Waals surface area contributed by atoms with E-state index >= 15 is 0 Å². The van der Waals surface area contributed by atoms with Crippen LogP contribution >= 0.6 is 11.8 Å². The van der Waals surface area contributed by atoms with Crippen molar-refractivity contribution in [3.05, 3.63) is 144 Å². The third-order valence-corrected chi connectivity index (χ3v) is 8.18. The Morgan fingerprint density at radius 3 is 1.68 bits per heavy atom. The number of ether oxygens (including phenoxy) is 1. The molecule has 186 valence electrons. The fourth-order valence-corrected chi connectivity index (χ4v) is 6.24. The second-order valence-corrected chi connectivity index (χ2v) is 10.1. The molecule has 0 bridgehead atoms. The van der Waals surface area contributed by atoms with E-state index < -0.39 is 16.9 Å². The Labute approximate surface area is 221 Å². The molecule has 1 aliphatic heterocycles. The lowest BCUT2D eigenvalue weighted by atomic mass is 9.84. The lowest BCUT2D eigenvalue weighted by Gasteiger charge is -2.41. The molecule has 2 N–H and O–H groups in total. The summed E-state index contributed by atoms with van der Waals surface area (Å²) in [7, 11) is 0. The Kier molecular flexibility index (Phi) is 7.57. The fraction of sp³-hybridized carbons (Fsp3) is 0.161. The summed E-state index contributed by atoms with van der Waals surface area (Å²) in [5.74, 6) is 0.389. The quantitative estimate of drug-likeness (QED) is 0.231. The first-order chi connectivity index (χ1) is 18.2. The van der Waals surface area contributed by atoms with Crippen LogP contribution in [0.4, 0.5) is 4.79 Å². The van der Waals surface area contributed by atoms with Gasteiger partial charge in [0, 0.05) is 5.75 Å². The van der Waals surface area contributed by atoms with Crippen LogP contribution in [-0.4, -0.2) is 29.8 Å². The molecule has 6 heteroatoms. The van der Waals surface area contributed by atoms with Crippen LogP contribution in [0.25, 0.3) is 0 Å². The van der Waals surface area contributed by atoms with Gasteiger partial charge in [0.25, 0.3) is 0 Å². The molecule has 2 atom stereocenters. The van der Waals surface area contributed by atoms with Gasteiger partial charge in [-0.2, -0.15) is 0 Å². The maximum absolute atomic E-state index is 12.5. The minimum atomic E-state index is -0.643. The molecule has 1 heterocycles. The third-order valence-electron chi connectivity index (χ3n) is 6.52. The van der Waals surface area contributed by atoms with E-state index in [1.807, 2.05) is 48.5 Å². The number of carbonyl (C=O) groups excluding carboxylic acids is 2. The Morgan fingerprint density at radius 1 is 0.757 bits per heavy atom. The zero-order valence-electron chi connectivity index (χ0n) is 20.2. The van der Waals surface area contributed by atoms with E-state index in [2.05, 4.69) is 83.4 Å². The van der Waals surface area contributed by atoms with E-state index in [-0.39, 0.29) is 18.6 Å². The van der Waals surface area contributed by atoms with Crippen molar-refractivity contribution in [3.63, 3.8) is 0 Å². The number of benzene rings is 4. The highest BCUT2D eigenvalue weighted by Crippen LogP contribution is 2.48. The van der Waals surface area contributed by atoms with E-state index in [4.69, 9.17) is 4.74 Å². The van der Waals surface area contributed by atoms with Crippen molar-refractivity contribution in [3.8, 4) is 0 Å². The lowest BCUT2D eigenvalue weighted by molar-refractivity contribution is -0.130. The number of amides is 2. The van der Waals surface area contributed by atoms with Crippen molar-refractivity contribution in [2.45, 2.75) is 23.4 Å². The molecule has 1 aliphatic rings. The number of thioether (sulfide) groups is 1. The van der Waals surface area contributed by atoms with Gasteiger partial charge in [-0.05, 0) is 22.3 Å². The second kappa shape index (κ2) is 11.4. The topological polar surface area (TPSA) is 67.4 Å². The minimum Gasteiger partial charge on any atom is -0.445 e. The first-order valence-corrected chi connectivity index (χ1v) is 13.2. The molecule has 0 aliphatic carbocycles. The van der Waals surface area contributed by atoms with Crippen LogP contribution in [0.1, 0.15) is 22.3 Å². The van der Waals surface area contributed by atoms with Gasteiger partial charge < -0.3 is 15.4 Å². The molecule has 4 aromatic carbocycles. The summed E-state index contributed by atoms with van der Waals surface area (Å²) in [6.45, 7) is 0.152. The molecule has 37 heavy (non-hydrogen) atoms. The first kappa shape index (κ1) is 24.7. The van der Waals surface area contributed by atoms with Crippen molar-refractivity contribution >= 4 is 23.8 Å². The van der Waals surface area contributed by atoms with E-state index in [9.17, 15) is 9.59 Å². The van der Waals surface area contributed by atoms with Crippen molar-refractivity contribution in [1.82, 2.24) is 10.6 Å². The molecule has 0 radical (unpaired) electrons. The van der Waals surface area contributed by atoms with Gasteiger partial charge in [-0.1, -0.05) is 121 Å². The van der Waals surface area contributed by atoms with Crippen LogP contribution in [0.15, 0.2) is 121 Å². The van der Waals surface area contributed by atoms with Crippen molar-refractivity contribution in [1.29, 1.82) is 0 Å². The summed E-state index contributed by atoms with van der Waals surface area (Å²) in [6.07, 6.45) is -0.598. The van der Waals surface area contributed by atoms with Crippen LogP contribution in [-0.2, 0) is 20.9 Å². The maximum Gasteiger partial charge on any atom is 0.408 e. The van der Waals surface area contributed by atoms with Gasteiger partial charge in [0.2, 0.25) is 5.91 Å². The fourth-order valence-electron chi connectivity index (χ4n) is 4.62. The average Bonchev–Trinajstić information content (AvgIpc) is 2.97. The summed E-state index contributed by atoms with van der Waals surface area (Å²) in [6, 6.07) is 39.8. The van der Waals surface area contributed by atoms with Crippen LogP contribution in [0.5, 0.6) is 0 Å². The molecule has 1 saturated heterocycles. The molecule has 0 saturated carbocycles. The van der Waals surface area contributed by atoms with Crippen LogP contribution in [0, 0.1) is 0 Å². The highest BCUT2D eigenvalue weighted by atomic mass is 32.2. The standard InChI is InChI=1S/C31H28N2O3S/c34-29-28(33-30(35)36-21-23-13-5-1-6-14-23)27(32-29)22-37-31(24-15-7-2-8-16-24,25-17-9-3-10-18-25)26-19-11-4-12-20-26/h1-20,27-28H,21-22H2,(H,32,34)(H,33,35)/t27-,28+/m0/s1. The van der Waals surface area contributed by atoms with E-state index in [0.717, 1.165) is 22.3 Å². The zero-order valence-corrected chi connectivity index (χ0v) is 21.1. The monoisotopic (exact) mass is 508 g/mol. The Balaban J connectivity index is 1.36. The predicted octanol–water partition coefficient (Wildman–Crippen LogP) is 5.51. The van der Waals surface area contributed by atoms with Crippen LogP contribution in [0.3, 0.4) is 0 Å². The van der Waals surface area contributed by atoms with Crippen LogP contribution < -0.4 is 10.6 Å². The lowest BCUT2D eigenvalue weighted by Crippen LogP contribution is -2.70. The molecule has 1 fully saturated rings. The molecular weight excluding hydrogens is 480 g/mol. The Morgan fingerprint density at radius 2 is 1.22 bits per heavy atom. The first-order valence-electron chi connectivity index (χ1n) is 12.2. The SMILES string of the molecule is O=C(N[C@H]1C(=O)N[C@H]1CSC(c1ccccc1)(c1ccccc1)c1ccccc1)OCc1ccccc1. The largest absolute Gasteiger partial charge is 0.445 e. The second-order valence-electron chi connectivity index (χ2n) is 8.89. The number of β-lactam (4-membered cyclic amide) rings is 1. The van der Waals surface area contributed by atoms with E-state index in [1.54, 1.807) is 11.8 Å². The zero-order chi connectivity index (χ0) is 25.5. The molecule has 5 rings (SSSR count). The van der Waals surface area contributed by atoms with Gasteiger partial charge in [-0.3, -0.25) is 4.79 Å². The van der Waals surface area contributed by atoms with Crippen molar-refractivity contribution in [2.75, 3.05) is 5.75 Å². The molecule has 0 unspecified atom stereocenters. The number of alkyl carbamates (subject to hydrolysis) is 1. The summed E-state index contributed by atoms with van der Waals surface area (Å²) >= 11 is 1.75. The van der Waals surface area contributed by atoms with Gasteiger partial charge in [0.1, 0.15) is 12.6 Å². The number of hydrogen-bond acceptors (Lipinski definition) is 4. The summed E-state index contributed by atoms with van der Waals surface area (Å²) in [5.41, 5.74) is 4.33. The molecule has 4 aromatic rings. The molecule has 2 amide bonds. The normalized spacial score (nSPS) is 16.8. The van der Waals surface area contributed by atoms with Crippen molar-refractivity contribution in [2.24, 2.45) is 0 Å². The summed E-state index contributed by atoms with van der Waals surface area (Å²) in [4.78, 5) is 24.9. The van der Waals surface area contributed by atoms with Gasteiger partial charge >= 0.3 is 6.09 Å². The molecule has 0 aromatic heterocycles. The van der Waals surface area contributed by atoms with E-state index in [0.29, 0.717) is 5.75 Å². The third kappa shape index (κ3) is 5.39. The predicted molar refractivity (Wildman–Crippen MR) is 147 cm³/mol. The Bertz CT molecular complexity index is 1220. The number of nitrogens with one attached hydrogen (secondary N) is 2. The summed E-state index contributed by atoms with van der Waals surface area (Å²) < 4.78 is 4.85. The highest BCUT2D eigenvalue weighted by molar-refractivity contribution is 8.00. The van der Waals surface area contributed by atoms with Gasteiger partial charge in [0.05, 0.1) is 10.8 Å². The molecule has 0 spiro atoms. The van der Waals surface area contributed by atoms with Crippen LogP contribution in [0.2, 0.25) is 0 Å². The number of carbonyl (C=O) groups is 2. The van der Waals surface area contributed by atoms with Gasteiger partial charge in [-0.25, -0.2) is 4.79 Å². The van der Waals surface area contributed by atoms with Gasteiger partial charge in [0.15, 0.2) is 0 Å². The number of hydrogen-bond donors (Lipinski definition) is 2. The molecule has 5 nitrogen and oxygen atoms in total. The van der Waals surface area contributed by atoms with Crippen molar-refractivity contribution < 1.29 is 14.3 Å². The smallest absolute Gasteiger partial charge is 0.408 e. The van der Waals surface area contributed by atoms with Gasteiger partial charge in [-0.15, -0.1) is 11.8 Å². The number of rotatable bonds is 9. The van der Waals surface area contributed by atoms with E-state index in [1.165, 1.54) is 0 Å². The average molecular weight is 509 g/mol.